The third-order valence-corrected chi connectivity index (χ3v) is 2.82. The molecule has 0 saturated heterocycles. The second-order valence-electron chi connectivity index (χ2n) is 4.50. The number of ketones is 1. The van der Waals surface area contributed by atoms with E-state index in [4.69, 9.17) is 4.74 Å². The van der Waals surface area contributed by atoms with Crippen molar-refractivity contribution >= 4 is 11.8 Å². The van der Waals surface area contributed by atoms with Gasteiger partial charge in [0.05, 0.1) is 13.7 Å². The number of aryl methyl sites for hydroxylation is 2. The van der Waals surface area contributed by atoms with Crippen LogP contribution in [0.4, 0.5) is 0 Å². The molecule has 0 atom stereocenters. The predicted molar refractivity (Wildman–Crippen MR) is 77.2 cm³/mol. The highest BCUT2D eigenvalue weighted by Crippen LogP contribution is 2.23. The molecule has 0 aromatic heterocycles. The lowest BCUT2D eigenvalue weighted by molar-refractivity contribution is -0.134. The van der Waals surface area contributed by atoms with Gasteiger partial charge in [0, 0.05) is 11.6 Å². The third kappa shape index (κ3) is 4.23. The zero-order valence-corrected chi connectivity index (χ0v) is 12.4. The van der Waals surface area contributed by atoms with Gasteiger partial charge in [-0.2, -0.15) is 0 Å². The first-order valence-electron chi connectivity index (χ1n) is 6.54. The number of methoxy groups -OCH3 is 1. The molecule has 0 aliphatic carbocycles. The number of carbonyl (C=O) groups excluding carboxylic acids is 2. The van der Waals surface area contributed by atoms with E-state index in [1.54, 1.807) is 6.07 Å². The van der Waals surface area contributed by atoms with Gasteiger partial charge in [0.1, 0.15) is 5.75 Å². The standard InChI is InChI=1S/C16H20O4/c1-5-8-20-15-10-11(2)13(9-12(15)3)14(17)6-7-16(18)19-4/h6-7,9-10H,5,8H2,1-4H3/b7-6+. The predicted octanol–water partition coefficient (Wildman–Crippen LogP) is 3.00. The number of hydrogen-bond acceptors (Lipinski definition) is 4. The molecule has 0 bridgehead atoms. The van der Waals surface area contributed by atoms with Crippen molar-refractivity contribution in [1.29, 1.82) is 0 Å². The summed E-state index contributed by atoms with van der Waals surface area (Å²) < 4.78 is 10.1. The Morgan fingerprint density at radius 1 is 1.15 bits per heavy atom. The van der Waals surface area contributed by atoms with E-state index < -0.39 is 5.97 Å². The van der Waals surface area contributed by atoms with Crippen LogP contribution in [0.5, 0.6) is 5.75 Å². The largest absolute Gasteiger partial charge is 0.493 e. The smallest absolute Gasteiger partial charge is 0.330 e. The van der Waals surface area contributed by atoms with Crippen LogP contribution in [0.25, 0.3) is 0 Å². The van der Waals surface area contributed by atoms with Gasteiger partial charge in [0.2, 0.25) is 0 Å². The van der Waals surface area contributed by atoms with Crippen LogP contribution in [0.2, 0.25) is 0 Å². The van der Waals surface area contributed by atoms with Gasteiger partial charge in [-0.05, 0) is 49.6 Å². The summed E-state index contributed by atoms with van der Waals surface area (Å²) in [5.41, 5.74) is 2.28. The van der Waals surface area contributed by atoms with Crippen LogP contribution in [-0.2, 0) is 9.53 Å². The molecule has 0 aliphatic heterocycles. The first-order valence-corrected chi connectivity index (χ1v) is 6.54. The van der Waals surface area contributed by atoms with Crippen molar-refractivity contribution in [2.45, 2.75) is 27.2 Å². The zero-order chi connectivity index (χ0) is 15.1. The number of benzene rings is 1. The van der Waals surface area contributed by atoms with Gasteiger partial charge >= 0.3 is 5.97 Å². The highest BCUT2D eigenvalue weighted by atomic mass is 16.5. The Morgan fingerprint density at radius 3 is 2.45 bits per heavy atom. The molecule has 1 rings (SSSR count). The molecule has 108 valence electrons. The number of rotatable bonds is 6. The molecule has 1 aromatic rings. The minimum absolute atomic E-state index is 0.224. The molecule has 0 fully saturated rings. The molecule has 4 heteroatoms. The van der Waals surface area contributed by atoms with E-state index in [1.807, 2.05) is 26.8 Å². The summed E-state index contributed by atoms with van der Waals surface area (Å²) in [6.45, 7) is 6.43. The van der Waals surface area contributed by atoms with Crippen molar-refractivity contribution in [3.05, 3.63) is 41.0 Å². The maximum atomic E-state index is 12.0. The fourth-order valence-electron chi connectivity index (χ4n) is 1.72. The van der Waals surface area contributed by atoms with Crippen molar-refractivity contribution < 1.29 is 19.1 Å². The number of carbonyl (C=O) groups is 2. The first kappa shape index (κ1) is 16.0. The SMILES string of the molecule is CCCOc1cc(C)c(C(=O)/C=C/C(=O)OC)cc1C. The van der Waals surface area contributed by atoms with E-state index in [2.05, 4.69) is 4.74 Å². The second-order valence-corrected chi connectivity index (χ2v) is 4.50. The van der Waals surface area contributed by atoms with Crippen molar-refractivity contribution in [2.24, 2.45) is 0 Å². The molecular weight excluding hydrogens is 256 g/mol. The molecule has 0 radical (unpaired) electrons. The molecule has 0 aliphatic rings. The molecular formula is C16H20O4. The van der Waals surface area contributed by atoms with Crippen molar-refractivity contribution in [3.63, 3.8) is 0 Å². The molecule has 0 spiro atoms. The van der Waals surface area contributed by atoms with E-state index in [-0.39, 0.29) is 5.78 Å². The van der Waals surface area contributed by atoms with Crippen LogP contribution in [0, 0.1) is 13.8 Å². The maximum Gasteiger partial charge on any atom is 0.330 e. The minimum atomic E-state index is -0.546. The normalized spacial score (nSPS) is 10.6. The fourth-order valence-corrected chi connectivity index (χ4v) is 1.72. The summed E-state index contributed by atoms with van der Waals surface area (Å²) in [5, 5.41) is 0. The average molecular weight is 276 g/mol. The lowest BCUT2D eigenvalue weighted by atomic mass is 10.0. The van der Waals surface area contributed by atoms with Gasteiger partial charge in [-0.15, -0.1) is 0 Å². The van der Waals surface area contributed by atoms with Gasteiger partial charge in [-0.25, -0.2) is 4.79 Å². The quantitative estimate of drug-likeness (QED) is 0.455. The van der Waals surface area contributed by atoms with Crippen LogP contribution in [0.15, 0.2) is 24.3 Å². The Kier molecular flexibility index (Phi) is 5.97. The summed E-state index contributed by atoms with van der Waals surface area (Å²) in [6.07, 6.45) is 3.28. The number of ether oxygens (including phenoxy) is 2. The highest BCUT2D eigenvalue weighted by molar-refractivity contribution is 6.08. The molecule has 0 heterocycles. The molecule has 20 heavy (non-hydrogen) atoms. The average Bonchev–Trinajstić information content (AvgIpc) is 2.44. The van der Waals surface area contributed by atoms with E-state index in [1.165, 1.54) is 13.2 Å². The van der Waals surface area contributed by atoms with E-state index in [0.717, 1.165) is 29.4 Å². The molecule has 0 unspecified atom stereocenters. The number of hydrogen-bond donors (Lipinski definition) is 0. The maximum absolute atomic E-state index is 12.0. The Balaban J connectivity index is 2.96. The Labute approximate surface area is 119 Å². The highest BCUT2D eigenvalue weighted by Gasteiger charge is 2.10. The van der Waals surface area contributed by atoms with Gasteiger partial charge in [0.15, 0.2) is 5.78 Å². The van der Waals surface area contributed by atoms with Crippen molar-refractivity contribution in [1.82, 2.24) is 0 Å². The van der Waals surface area contributed by atoms with Crippen molar-refractivity contribution in [3.8, 4) is 5.75 Å². The second kappa shape index (κ2) is 7.48. The summed E-state index contributed by atoms with van der Waals surface area (Å²) >= 11 is 0. The van der Waals surface area contributed by atoms with Gasteiger partial charge in [-0.3, -0.25) is 4.79 Å². The minimum Gasteiger partial charge on any atom is -0.493 e. The molecule has 4 nitrogen and oxygen atoms in total. The third-order valence-electron chi connectivity index (χ3n) is 2.82. The monoisotopic (exact) mass is 276 g/mol. The van der Waals surface area contributed by atoms with Crippen LogP contribution < -0.4 is 4.74 Å². The topological polar surface area (TPSA) is 52.6 Å². The zero-order valence-electron chi connectivity index (χ0n) is 12.4. The Morgan fingerprint density at radius 2 is 1.85 bits per heavy atom. The molecule has 0 N–H and O–H groups in total. The number of esters is 1. The lowest BCUT2D eigenvalue weighted by Crippen LogP contribution is -2.04. The van der Waals surface area contributed by atoms with Crippen LogP contribution in [0.1, 0.15) is 34.8 Å². The van der Waals surface area contributed by atoms with Gasteiger partial charge in [0.25, 0.3) is 0 Å². The van der Waals surface area contributed by atoms with Crippen LogP contribution >= 0.6 is 0 Å². The summed E-state index contributed by atoms with van der Waals surface area (Å²) in [4.78, 5) is 23.0. The summed E-state index contributed by atoms with van der Waals surface area (Å²) in [6, 6.07) is 3.63. The van der Waals surface area contributed by atoms with Gasteiger partial charge in [-0.1, -0.05) is 6.92 Å². The van der Waals surface area contributed by atoms with Crippen LogP contribution in [-0.4, -0.2) is 25.5 Å². The molecule has 0 amide bonds. The van der Waals surface area contributed by atoms with E-state index >= 15 is 0 Å². The van der Waals surface area contributed by atoms with Crippen molar-refractivity contribution in [2.75, 3.05) is 13.7 Å². The van der Waals surface area contributed by atoms with Crippen LogP contribution in [0.3, 0.4) is 0 Å². The fraction of sp³-hybridized carbons (Fsp3) is 0.375. The number of allylic oxidation sites excluding steroid dienone is 1. The molecule has 1 aromatic carbocycles. The van der Waals surface area contributed by atoms with E-state index in [0.29, 0.717) is 12.2 Å². The summed E-state index contributed by atoms with van der Waals surface area (Å²) in [7, 11) is 1.27. The summed E-state index contributed by atoms with van der Waals surface area (Å²) in [5.74, 6) is 0.0199. The first-order chi connectivity index (χ1) is 9.49. The molecule has 0 saturated carbocycles. The van der Waals surface area contributed by atoms with Gasteiger partial charge < -0.3 is 9.47 Å². The Bertz CT molecular complexity index is 530. The van der Waals surface area contributed by atoms with E-state index in [9.17, 15) is 9.59 Å². The lowest BCUT2D eigenvalue weighted by Gasteiger charge is -2.11. The Hall–Kier alpha value is -2.10.